The van der Waals surface area contributed by atoms with Gasteiger partial charge in [-0.25, -0.2) is 4.98 Å². The largest absolute Gasteiger partial charge is 0.384 e. The smallest absolute Gasteiger partial charge is 0.267 e. The molecule has 1 unspecified atom stereocenters. The molecule has 1 aliphatic carbocycles. The number of aromatic nitrogens is 1. The first-order valence-electron chi connectivity index (χ1n) is 7.48. The molecule has 0 radical (unpaired) electrons. The minimum absolute atomic E-state index is 0.00487. The Morgan fingerprint density at radius 2 is 2.33 bits per heavy atom. The Bertz CT molecular complexity index is 515. The zero-order valence-corrected chi connectivity index (χ0v) is 13.1. The summed E-state index contributed by atoms with van der Waals surface area (Å²) in [4.78, 5) is 19.3. The number of nitrogens with one attached hydrogen (secondary N) is 1. The summed E-state index contributed by atoms with van der Waals surface area (Å²) in [6, 6.07) is 0.497. The quantitative estimate of drug-likeness (QED) is 0.867. The highest BCUT2D eigenvalue weighted by atomic mass is 32.1. The summed E-state index contributed by atoms with van der Waals surface area (Å²) < 4.78 is 5.17. The molecule has 2 heterocycles. The summed E-state index contributed by atoms with van der Waals surface area (Å²) >= 11 is 1.38. The van der Waals surface area contributed by atoms with E-state index in [0.717, 1.165) is 24.6 Å². The SMILES string of the molecule is COCC1CCN(C(=O)c2sc(NC3CCC3)nc2N)C1. The van der Waals surface area contributed by atoms with Crippen LogP contribution in [0.25, 0.3) is 0 Å². The minimum atomic E-state index is 0.00487. The number of methoxy groups -OCH3 is 1. The summed E-state index contributed by atoms with van der Waals surface area (Å²) in [5, 5.41) is 4.12. The number of nitrogens with two attached hydrogens (primary N) is 1. The van der Waals surface area contributed by atoms with Crippen molar-refractivity contribution in [3.8, 4) is 0 Å². The van der Waals surface area contributed by atoms with Gasteiger partial charge >= 0.3 is 0 Å². The van der Waals surface area contributed by atoms with Crippen LogP contribution in [0.1, 0.15) is 35.4 Å². The molecule has 116 valence electrons. The minimum Gasteiger partial charge on any atom is -0.384 e. The highest BCUT2D eigenvalue weighted by Crippen LogP contribution is 2.31. The van der Waals surface area contributed by atoms with Crippen LogP contribution in [0.3, 0.4) is 0 Å². The van der Waals surface area contributed by atoms with E-state index in [0.29, 0.717) is 29.3 Å². The summed E-state index contributed by atoms with van der Waals surface area (Å²) in [7, 11) is 1.70. The van der Waals surface area contributed by atoms with E-state index >= 15 is 0 Å². The third-order valence-corrected chi connectivity index (χ3v) is 5.25. The van der Waals surface area contributed by atoms with Crippen LogP contribution in [0, 0.1) is 5.92 Å². The standard InChI is InChI=1S/C14H22N4O2S/c1-20-8-9-5-6-18(7-9)13(19)11-12(15)17-14(21-11)16-10-3-2-4-10/h9-10H,2-8,15H2,1H3,(H,16,17). The predicted molar refractivity (Wildman–Crippen MR) is 83.7 cm³/mol. The highest BCUT2D eigenvalue weighted by Gasteiger charge is 2.30. The molecule has 0 spiro atoms. The number of anilines is 2. The fourth-order valence-corrected chi connectivity index (χ4v) is 3.74. The van der Waals surface area contributed by atoms with Gasteiger partial charge in [0.2, 0.25) is 0 Å². The number of nitrogens with zero attached hydrogens (tertiary/aromatic N) is 2. The van der Waals surface area contributed by atoms with Crippen molar-refractivity contribution in [2.24, 2.45) is 5.92 Å². The lowest BCUT2D eigenvalue weighted by Crippen LogP contribution is -2.29. The van der Waals surface area contributed by atoms with Crippen molar-refractivity contribution in [2.75, 3.05) is 37.9 Å². The van der Waals surface area contributed by atoms with Crippen molar-refractivity contribution in [3.05, 3.63) is 4.88 Å². The van der Waals surface area contributed by atoms with Gasteiger partial charge in [-0.05, 0) is 25.7 Å². The Labute approximate surface area is 128 Å². The fraction of sp³-hybridized carbons (Fsp3) is 0.714. The Morgan fingerprint density at radius 1 is 1.52 bits per heavy atom. The topological polar surface area (TPSA) is 80.5 Å². The lowest BCUT2D eigenvalue weighted by Gasteiger charge is -2.25. The van der Waals surface area contributed by atoms with Crippen LogP contribution in [0.5, 0.6) is 0 Å². The highest BCUT2D eigenvalue weighted by molar-refractivity contribution is 7.18. The molecule has 2 fully saturated rings. The van der Waals surface area contributed by atoms with Crippen LogP contribution in [-0.2, 0) is 4.74 Å². The van der Waals surface area contributed by atoms with Gasteiger partial charge < -0.3 is 20.7 Å². The van der Waals surface area contributed by atoms with E-state index in [1.165, 1.54) is 30.6 Å². The molecule has 7 heteroatoms. The maximum absolute atomic E-state index is 12.5. The zero-order valence-electron chi connectivity index (χ0n) is 12.3. The summed E-state index contributed by atoms with van der Waals surface area (Å²) in [5.74, 6) is 0.785. The molecule has 3 rings (SSSR count). The van der Waals surface area contributed by atoms with E-state index in [4.69, 9.17) is 10.5 Å². The number of thiazole rings is 1. The van der Waals surface area contributed by atoms with E-state index in [-0.39, 0.29) is 5.91 Å². The molecule has 1 amide bonds. The number of rotatable bonds is 5. The third kappa shape index (κ3) is 3.13. The third-order valence-electron chi connectivity index (χ3n) is 4.26. The second kappa shape index (κ2) is 6.19. The van der Waals surface area contributed by atoms with Gasteiger partial charge in [0.05, 0.1) is 6.61 Å². The van der Waals surface area contributed by atoms with E-state index in [1.54, 1.807) is 7.11 Å². The first kappa shape index (κ1) is 14.6. The summed E-state index contributed by atoms with van der Waals surface area (Å²) in [6.45, 7) is 2.22. The number of likely N-dealkylation sites (tertiary alicyclic amines) is 1. The molecule has 21 heavy (non-hydrogen) atoms. The average Bonchev–Trinajstić information content (AvgIpc) is 3.01. The molecule has 3 N–H and O–H groups in total. The van der Waals surface area contributed by atoms with Gasteiger partial charge in [0.25, 0.3) is 5.91 Å². The molecule has 0 aromatic carbocycles. The van der Waals surface area contributed by atoms with Gasteiger partial charge in [0.15, 0.2) is 5.13 Å². The normalized spacial score (nSPS) is 22.3. The van der Waals surface area contributed by atoms with Crippen molar-refractivity contribution in [1.29, 1.82) is 0 Å². The van der Waals surface area contributed by atoms with E-state index < -0.39 is 0 Å². The number of hydrogen-bond donors (Lipinski definition) is 2. The maximum atomic E-state index is 12.5. The molecule has 6 nitrogen and oxygen atoms in total. The van der Waals surface area contributed by atoms with Crippen LogP contribution < -0.4 is 11.1 Å². The number of amides is 1. The van der Waals surface area contributed by atoms with Crippen molar-refractivity contribution < 1.29 is 9.53 Å². The average molecular weight is 310 g/mol. The van der Waals surface area contributed by atoms with Gasteiger partial charge in [-0.1, -0.05) is 11.3 Å². The fourth-order valence-electron chi connectivity index (χ4n) is 2.81. The van der Waals surface area contributed by atoms with Crippen molar-refractivity contribution in [2.45, 2.75) is 31.7 Å². The molecule has 1 saturated heterocycles. The lowest BCUT2D eigenvalue weighted by molar-refractivity contribution is 0.0781. The van der Waals surface area contributed by atoms with Crippen LogP contribution in [0.4, 0.5) is 10.9 Å². The molecule has 1 aliphatic heterocycles. The van der Waals surface area contributed by atoms with E-state index in [1.807, 2.05) is 4.90 Å². The zero-order chi connectivity index (χ0) is 14.8. The first-order valence-corrected chi connectivity index (χ1v) is 8.30. The number of hydrogen-bond acceptors (Lipinski definition) is 6. The van der Waals surface area contributed by atoms with Crippen molar-refractivity contribution in [3.63, 3.8) is 0 Å². The second-order valence-electron chi connectivity index (χ2n) is 5.87. The van der Waals surface area contributed by atoms with E-state index in [9.17, 15) is 4.79 Å². The van der Waals surface area contributed by atoms with Crippen LogP contribution >= 0.6 is 11.3 Å². The predicted octanol–water partition coefficient (Wildman–Crippen LogP) is 1.80. The molecule has 1 aromatic heterocycles. The van der Waals surface area contributed by atoms with Gasteiger partial charge in [-0.3, -0.25) is 4.79 Å². The van der Waals surface area contributed by atoms with Crippen molar-refractivity contribution >= 4 is 28.2 Å². The van der Waals surface area contributed by atoms with Gasteiger partial charge in [0.1, 0.15) is 10.7 Å². The van der Waals surface area contributed by atoms with Crippen LogP contribution in [-0.4, -0.2) is 48.6 Å². The number of ether oxygens (including phenoxy) is 1. The molecule has 1 saturated carbocycles. The van der Waals surface area contributed by atoms with Crippen LogP contribution in [0.2, 0.25) is 0 Å². The maximum Gasteiger partial charge on any atom is 0.267 e. The van der Waals surface area contributed by atoms with Gasteiger partial charge in [-0.2, -0.15) is 0 Å². The summed E-state index contributed by atoms with van der Waals surface area (Å²) in [6.07, 6.45) is 4.60. The molecular formula is C14H22N4O2S. The monoisotopic (exact) mass is 310 g/mol. The van der Waals surface area contributed by atoms with Gasteiger partial charge in [-0.15, -0.1) is 0 Å². The summed E-state index contributed by atoms with van der Waals surface area (Å²) in [5.41, 5.74) is 5.93. The molecular weight excluding hydrogens is 288 g/mol. The van der Waals surface area contributed by atoms with Crippen LogP contribution in [0.15, 0.2) is 0 Å². The molecule has 2 aliphatic rings. The Balaban J connectivity index is 1.64. The number of carbonyl (C=O) groups excluding carboxylic acids is 1. The second-order valence-corrected chi connectivity index (χ2v) is 6.87. The number of carbonyl (C=O) groups is 1. The Hall–Kier alpha value is -1.34. The number of nitrogen functional groups attached to an aromatic ring is 1. The van der Waals surface area contributed by atoms with Crippen molar-refractivity contribution in [1.82, 2.24) is 9.88 Å². The first-order chi connectivity index (χ1) is 10.2. The molecule has 1 aromatic rings. The lowest BCUT2D eigenvalue weighted by atomic mass is 9.93. The Morgan fingerprint density at radius 3 is 3.00 bits per heavy atom. The molecule has 1 atom stereocenters. The van der Waals surface area contributed by atoms with Gasteiger partial charge in [0, 0.05) is 32.2 Å². The Kier molecular flexibility index (Phi) is 4.30. The van der Waals surface area contributed by atoms with E-state index in [2.05, 4.69) is 10.3 Å². The molecule has 0 bridgehead atoms.